The van der Waals surface area contributed by atoms with Gasteiger partial charge < -0.3 is 25.8 Å². The van der Waals surface area contributed by atoms with Crippen LogP contribution in [0.1, 0.15) is 47.1 Å². The third kappa shape index (κ3) is 9.79. The summed E-state index contributed by atoms with van der Waals surface area (Å²) in [5, 5.41) is 5.59. The minimum atomic E-state index is -0.881. The van der Waals surface area contributed by atoms with E-state index in [0.717, 1.165) is 11.3 Å². The second kappa shape index (κ2) is 9.03. The SMILES string of the molecule is CC(C)(C)OC(=O)NC(Cc1ccc(NC(N)=S)cc1)C(=O)OC(C)(C)C. The number of benzene rings is 1. The highest BCUT2D eigenvalue weighted by Gasteiger charge is 2.28. The summed E-state index contributed by atoms with van der Waals surface area (Å²) in [4.78, 5) is 24.7. The van der Waals surface area contributed by atoms with E-state index in [9.17, 15) is 9.59 Å². The van der Waals surface area contributed by atoms with Crippen LogP contribution in [0.15, 0.2) is 24.3 Å². The lowest BCUT2D eigenvalue weighted by Gasteiger charge is -2.26. The van der Waals surface area contributed by atoms with E-state index in [1.807, 2.05) is 12.1 Å². The lowest BCUT2D eigenvalue weighted by atomic mass is 10.1. The summed E-state index contributed by atoms with van der Waals surface area (Å²) in [5.41, 5.74) is 5.67. The molecule has 0 aromatic heterocycles. The Balaban J connectivity index is 2.91. The maximum atomic E-state index is 12.5. The molecule has 150 valence electrons. The molecule has 27 heavy (non-hydrogen) atoms. The van der Waals surface area contributed by atoms with Crippen LogP contribution < -0.4 is 16.4 Å². The maximum Gasteiger partial charge on any atom is 0.408 e. The van der Waals surface area contributed by atoms with Crippen molar-refractivity contribution in [2.75, 3.05) is 5.32 Å². The topological polar surface area (TPSA) is 103 Å². The normalized spacial score (nSPS) is 12.7. The van der Waals surface area contributed by atoms with E-state index >= 15 is 0 Å². The maximum absolute atomic E-state index is 12.5. The van der Waals surface area contributed by atoms with Crippen LogP contribution in [0.4, 0.5) is 10.5 Å². The number of nitrogens with one attached hydrogen (secondary N) is 2. The molecule has 1 aromatic rings. The van der Waals surface area contributed by atoms with Crippen molar-refractivity contribution in [1.82, 2.24) is 5.32 Å². The number of alkyl carbamates (subject to hydrolysis) is 1. The minimum Gasteiger partial charge on any atom is -0.458 e. The Bertz CT molecular complexity index is 676. The van der Waals surface area contributed by atoms with Crippen LogP contribution in [0, 0.1) is 0 Å². The van der Waals surface area contributed by atoms with Crippen molar-refractivity contribution in [1.29, 1.82) is 0 Å². The van der Waals surface area contributed by atoms with Gasteiger partial charge in [0.15, 0.2) is 5.11 Å². The van der Waals surface area contributed by atoms with Crippen molar-refractivity contribution in [3.8, 4) is 0 Å². The van der Waals surface area contributed by atoms with Gasteiger partial charge in [-0.25, -0.2) is 9.59 Å². The Labute approximate surface area is 166 Å². The van der Waals surface area contributed by atoms with Gasteiger partial charge >= 0.3 is 12.1 Å². The summed E-state index contributed by atoms with van der Waals surface area (Å²) in [5.74, 6) is -0.529. The molecule has 1 aromatic carbocycles. The Morgan fingerprint density at radius 1 is 1.04 bits per heavy atom. The fourth-order valence-corrected chi connectivity index (χ4v) is 2.24. The molecule has 0 fully saturated rings. The van der Waals surface area contributed by atoms with E-state index in [-0.39, 0.29) is 11.5 Å². The van der Waals surface area contributed by atoms with E-state index in [1.165, 1.54) is 0 Å². The minimum absolute atomic E-state index is 0.168. The number of carbonyl (C=O) groups excluding carboxylic acids is 2. The third-order valence-electron chi connectivity index (χ3n) is 3.04. The molecule has 1 atom stereocenters. The van der Waals surface area contributed by atoms with Gasteiger partial charge in [0.05, 0.1) is 0 Å². The summed E-state index contributed by atoms with van der Waals surface area (Å²) in [6.07, 6.45) is -0.424. The molecule has 0 saturated heterocycles. The van der Waals surface area contributed by atoms with Gasteiger partial charge in [0, 0.05) is 12.1 Å². The molecule has 1 rings (SSSR count). The average Bonchev–Trinajstić information content (AvgIpc) is 2.44. The number of ether oxygens (including phenoxy) is 2. The molecule has 0 spiro atoms. The first-order chi connectivity index (χ1) is 12.2. The molecule has 7 nitrogen and oxygen atoms in total. The molecule has 8 heteroatoms. The Morgan fingerprint density at radius 3 is 2.00 bits per heavy atom. The molecular weight excluding hydrogens is 366 g/mol. The molecule has 0 aliphatic carbocycles. The predicted octanol–water partition coefficient (Wildman–Crippen LogP) is 3.12. The van der Waals surface area contributed by atoms with Gasteiger partial charge in [-0.1, -0.05) is 12.1 Å². The average molecular weight is 396 g/mol. The number of carbonyl (C=O) groups is 2. The molecule has 0 bridgehead atoms. The first kappa shape index (κ1) is 22.7. The van der Waals surface area contributed by atoms with Gasteiger partial charge in [-0.3, -0.25) is 0 Å². The zero-order valence-electron chi connectivity index (χ0n) is 16.7. The van der Waals surface area contributed by atoms with Crippen LogP contribution in [0.2, 0.25) is 0 Å². The molecule has 0 aliphatic heterocycles. The number of amides is 1. The molecule has 1 amide bonds. The largest absolute Gasteiger partial charge is 0.458 e. The van der Waals surface area contributed by atoms with Crippen LogP contribution in [0.3, 0.4) is 0 Å². The molecular formula is C19H29N3O4S. The van der Waals surface area contributed by atoms with Gasteiger partial charge in [-0.05, 0) is 71.5 Å². The Kier molecular flexibility index (Phi) is 7.59. The molecule has 0 radical (unpaired) electrons. The van der Waals surface area contributed by atoms with E-state index in [2.05, 4.69) is 10.6 Å². The number of esters is 1. The lowest BCUT2D eigenvalue weighted by molar-refractivity contribution is -0.157. The van der Waals surface area contributed by atoms with E-state index in [0.29, 0.717) is 0 Å². The fourth-order valence-electron chi connectivity index (χ4n) is 2.12. The first-order valence-electron chi connectivity index (χ1n) is 8.63. The smallest absolute Gasteiger partial charge is 0.408 e. The highest BCUT2D eigenvalue weighted by Crippen LogP contribution is 2.15. The van der Waals surface area contributed by atoms with Crippen molar-refractivity contribution >= 4 is 35.1 Å². The predicted molar refractivity (Wildman–Crippen MR) is 110 cm³/mol. The van der Waals surface area contributed by atoms with E-state index < -0.39 is 29.3 Å². The van der Waals surface area contributed by atoms with Gasteiger partial charge in [0.2, 0.25) is 0 Å². The van der Waals surface area contributed by atoms with Crippen molar-refractivity contribution in [3.05, 3.63) is 29.8 Å². The molecule has 0 saturated carbocycles. The number of nitrogens with two attached hydrogens (primary N) is 1. The summed E-state index contributed by atoms with van der Waals surface area (Å²) in [6.45, 7) is 10.6. The highest BCUT2D eigenvalue weighted by atomic mass is 32.1. The second-order valence-electron chi connectivity index (χ2n) is 8.12. The van der Waals surface area contributed by atoms with Crippen LogP contribution in [-0.4, -0.2) is 34.4 Å². The standard InChI is InChI=1S/C19H29N3O4S/c1-18(2,3)25-15(23)14(22-17(24)26-19(4,5)6)11-12-7-9-13(10-8-12)21-16(20)27/h7-10,14H,11H2,1-6H3,(H,22,24)(H3,20,21,27). The van der Waals surface area contributed by atoms with E-state index in [1.54, 1.807) is 53.7 Å². The van der Waals surface area contributed by atoms with Gasteiger partial charge in [0.1, 0.15) is 17.2 Å². The van der Waals surface area contributed by atoms with E-state index in [4.69, 9.17) is 27.4 Å². The summed E-state index contributed by atoms with van der Waals surface area (Å²) in [6, 6.07) is 6.32. The van der Waals surface area contributed by atoms with Crippen LogP contribution in [0.5, 0.6) is 0 Å². The molecule has 0 heterocycles. The molecule has 1 unspecified atom stereocenters. The number of anilines is 1. The fraction of sp³-hybridized carbons (Fsp3) is 0.526. The zero-order chi connectivity index (χ0) is 20.8. The molecule has 4 N–H and O–H groups in total. The van der Waals surface area contributed by atoms with Crippen molar-refractivity contribution in [2.45, 2.75) is 65.2 Å². The highest BCUT2D eigenvalue weighted by molar-refractivity contribution is 7.80. The number of hydrogen-bond acceptors (Lipinski definition) is 5. The Hall–Kier alpha value is -2.35. The Morgan fingerprint density at radius 2 is 1.56 bits per heavy atom. The first-order valence-corrected chi connectivity index (χ1v) is 9.04. The van der Waals surface area contributed by atoms with Crippen molar-refractivity contribution in [3.63, 3.8) is 0 Å². The number of hydrogen-bond donors (Lipinski definition) is 3. The van der Waals surface area contributed by atoms with Crippen molar-refractivity contribution in [2.24, 2.45) is 5.73 Å². The van der Waals surface area contributed by atoms with Crippen molar-refractivity contribution < 1.29 is 19.1 Å². The summed E-state index contributed by atoms with van der Waals surface area (Å²) < 4.78 is 10.7. The number of thiocarbonyl (C=S) groups is 1. The zero-order valence-corrected chi connectivity index (χ0v) is 17.5. The lowest BCUT2D eigenvalue weighted by Crippen LogP contribution is -2.47. The quantitative estimate of drug-likeness (QED) is 0.520. The van der Waals surface area contributed by atoms with Crippen LogP contribution >= 0.6 is 12.2 Å². The summed E-state index contributed by atoms with van der Waals surface area (Å²) in [7, 11) is 0. The van der Waals surface area contributed by atoms with Gasteiger partial charge in [-0.15, -0.1) is 0 Å². The monoisotopic (exact) mass is 395 g/mol. The number of rotatable bonds is 5. The molecule has 0 aliphatic rings. The van der Waals surface area contributed by atoms with Crippen LogP contribution in [0.25, 0.3) is 0 Å². The van der Waals surface area contributed by atoms with Crippen LogP contribution in [-0.2, 0) is 20.7 Å². The third-order valence-corrected chi connectivity index (χ3v) is 3.15. The van der Waals surface area contributed by atoms with Gasteiger partial charge in [0.25, 0.3) is 0 Å². The second-order valence-corrected chi connectivity index (χ2v) is 8.56. The van der Waals surface area contributed by atoms with Gasteiger partial charge in [-0.2, -0.15) is 0 Å². The summed E-state index contributed by atoms with van der Waals surface area (Å²) >= 11 is 4.80.